The van der Waals surface area contributed by atoms with Crippen LogP contribution in [0.5, 0.6) is 0 Å². The number of halogens is 1. The van der Waals surface area contributed by atoms with E-state index in [9.17, 15) is 13.2 Å². The molecule has 1 saturated heterocycles. The molecule has 0 atom stereocenters. The highest BCUT2D eigenvalue weighted by Gasteiger charge is 2.34. The van der Waals surface area contributed by atoms with Gasteiger partial charge in [0.25, 0.3) is 15.9 Å². The normalized spacial score (nSPS) is 15.3. The van der Waals surface area contributed by atoms with Crippen LogP contribution in [0.2, 0.25) is 5.02 Å². The third kappa shape index (κ3) is 5.76. The van der Waals surface area contributed by atoms with Gasteiger partial charge in [0.2, 0.25) is 5.03 Å². The van der Waals surface area contributed by atoms with E-state index in [-0.39, 0.29) is 10.6 Å². The number of piperazine rings is 1. The fourth-order valence-electron chi connectivity index (χ4n) is 3.41. The number of hydrogen-bond donors (Lipinski definition) is 1. The molecule has 31 heavy (non-hydrogen) atoms. The van der Waals surface area contributed by atoms with Crippen molar-refractivity contribution in [1.82, 2.24) is 19.4 Å². The van der Waals surface area contributed by atoms with Crippen molar-refractivity contribution in [2.45, 2.75) is 18.4 Å². The quantitative estimate of drug-likeness (QED) is 0.562. The van der Waals surface area contributed by atoms with Gasteiger partial charge in [0.1, 0.15) is 0 Å². The lowest BCUT2D eigenvalue weighted by Crippen LogP contribution is -2.49. The summed E-state index contributed by atoms with van der Waals surface area (Å²) in [6.07, 6.45) is 2.08. The SMILES string of the molecule is CCOCCCNC(=O)c1cn(C)nc1S(=O)(=O)N1CCN(c2cccc(Cl)c2)CC1. The fourth-order valence-corrected chi connectivity index (χ4v) is 5.14. The third-order valence-electron chi connectivity index (χ3n) is 4.99. The molecule has 9 nitrogen and oxygen atoms in total. The summed E-state index contributed by atoms with van der Waals surface area (Å²) in [7, 11) is -2.31. The van der Waals surface area contributed by atoms with E-state index in [2.05, 4.69) is 15.3 Å². The molecule has 0 unspecified atom stereocenters. The summed E-state index contributed by atoms with van der Waals surface area (Å²) >= 11 is 6.07. The Morgan fingerprint density at radius 1 is 1.26 bits per heavy atom. The van der Waals surface area contributed by atoms with Crippen molar-refractivity contribution in [1.29, 1.82) is 0 Å². The van der Waals surface area contributed by atoms with E-state index < -0.39 is 15.9 Å². The highest BCUT2D eigenvalue weighted by Crippen LogP contribution is 2.24. The summed E-state index contributed by atoms with van der Waals surface area (Å²) in [4.78, 5) is 14.7. The van der Waals surface area contributed by atoms with E-state index in [0.717, 1.165) is 5.69 Å². The summed E-state index contributed by atoms with van der Waals surface area (Å²) in [6.45, 7) is 5.07. The van der Waals surface area contributed by atoms with Crippen LogP contribution in [-0.2, 0) is 21.8 Å². The number of nitrogens with one attached hydrogen (secondary N) is 1. The van der Waals surface area contributed by atoms with Crippen LogP contribution in [0.4, 0.5) is 5.69 Å². The number of aryl methyl sites for hydroxylation is 1. The van der Waals surface area contributed by atoms with Crippen LogP contribution in [0.1, 0.15) is 23.7 Å². The molecule has 1 aliphatic heterocycles. The number of anilines is 1. The Hall–Kier alpha value is -2.14. The zero-order chi connectivity index (χ0) is 22.4. The second kappa shape index (κ2) is 10.4. The molecule has 2 aromatic rings. The number of aromatic nitrogens is 2. The van der Waals surface area contributed by atoms with Crippen LogP contribution in [0.15, 0.2) is 35.5 Å². The van der Waals surface area contributed by atoms with Crippen molar-refractivity contribution >= 4 is 33.2 Å². The maximum Gasteiger partial charge on any atom is 0.263 e. The minimum absolute atomic E-state index is 0.0520. The minimum atomic E-state index is -3.91. The monoisotopic (exact) mass is 469 g/mol. The highest BCUT2D eigenvalue weighted by molar-refractivity contribution is 7.89. The molecule has 2 heterocycles. The first kappa shape index (κ1) is 23.5. The number of carbonyl (C=O) groups is 1. The number of sulfonamides is 1. The van der Waals surface area contributed by atoms with Crippen LogP contribution in [-0.4, -0.2) is 74.3 Å². The summed E-state index contributed by atoms with van der Waals surface area (Å²) in [5.74, 6) is -0.458. The molecule has 0 radical (unpaired) electrons. The molecule has 0 aliphatic carbocycles. The maximum atomic E-state index is 13.2. The van der Waals surface area contributed by atoms with Gasteiger partial charge in [0.15, 0.2) is 0 Å². The van der Waals surface area contributed by atoms with Crippen LogP contribution in [0.25, 0.3) is 0 Å². The molecular formula is C20H28ClN5O4S. The summed E-state index contributed by atoms with van der Waals surface area (Å²) in [5, 5.41) is 7.26. The Morgan fingerprint density at radius 2 is 2.00 bits per heavy atom. The van der Waals surface area contributed by atoms with E-state index in [0.29, 0.717) is 57.4 Å². The molecule has 0 spiro atoms. The molecule has 1 aromatic heterocycles. The van der Waals surface area contributed by atoms with Gasteiger partial charge >= 0.3 is 0 Å². The predicted molar refractivity (Wildman–Crippen MR) is 119 cm³/mol. The first-order valence-corrected chi connectivity index (χ1v) is 12.0. The Balaban J connectivity index is 1.67. The molecule has 3 rings (SSSR count). The van der Waals surface area contributed by atoms with Crippen molar-refractivity contribution in [3.8, 4) is 0 Å². The van der Waals surface area contributed by atoms with Gasteiger partial charge in [-0.1, -0.05) is 17.7 Å². The predicted octanol–water partition coefficient (Wildman–Crippen LogP) is 1.74. The molecule has 0 saturated carbocycles. The molecule has 11 heteroatoms. The van der Waals surface area contributed by atoms with Gasteiger partial charge in [-0.05, 0) is 31.5 Å². The average Bonchev–Trinajstić information content (AvgIpc) is 3.16. The molecule has 1 aromatic carbocycles. The Bertz CT molecular complexity index is 1000. The van der Waals surface area contributed by atoms with Crippen molar-refractivity contribution < 1.29 is 17.9 Å². The van der Waals surface area contributed by atoms with Crippen LogP contribution in [0, 0.1) is 0 Å². The molecule has 170 valence electrons. The lowest BCUT2D eigenvalue weighted by atomic mass is 10.2. The zero-order valence-electron chi connectivity index (χ0n) is 17.8. The van der Waals surface area contributed by atoms with Gasteiger partial charge in [-0.15, -0.1) is 0 Å². The molecular weight excluding hydrogens is 442 g/mol. The van der Waals surface area contributed by atoms with Crippen molar-refractivity contribution in [2.24, 2.45) is 7.05 Å². The zero-order valence-corrected chi connectivity index (χ0v) is 19.3. The number of benzene rings is 1. The number of amides is 1. The van der Waals surface area contributed by atoms with Crippen LogP contribution >= 0.6 is 11.6 Å². The fraction of sp³-hybridized carbons (Fsp3) is 0.500. The largest absolute Gasteiger partial charge is 0.382 e. The Labute approximate surface area is 188 Å². The Morgan fingerprint density at radius 3 is 2.68 bits per heavy atom. The summed E-state index contributed by atoms with van der Waals surface area (Å²) in [6, 6.07) is 7.48. The van der Waals surface area contributed by atoms with Gasteiger partial charge in [0.05, 0.1) is 5.56 Å². The summed E-state index contributed by atoms with van der Waals surface area (Å²) in [5.41, 5.74) is 1.01. The lowest BCUT2D eigenvalue weighted by Gasteiger charge is -2.35. The van der Waals surface area contributed by atoms with Crippen molar-refractivity contribution in [2.75, 3.05) is 50.8 Å². The van der Waals surface area contributed by atoms with E-state index in [1.807, 2.05) is 25.1 Å². The first-order chi connectivity index (χ1) is 14.8. The first-order valence-electron chi connectivity index (χ1n) is 10.2. The highest BCUT2D eigenvalue weighted by atomic mass is 35.5. The molecule has 1 N–H and O–H groups in total. The van der Waals surface area contributed by atoms with E-state index >= 15 is 0 Å². The number of rotatable bonds is 9. The smallest absolute Gasteiger partial charge is 0.263 e. The lowest BCUT2D eigenvalue weighted by molar-refractivity contribution is 0.0940. The van der Waals surface area contributed by atoms with E-state index in [1.165, 1.54) is 15.2 Å². The van der Waals surface area contributed by atoms with Gasteiger partial charge in [0, 0.05) is 69.9 Å². The molecule has 1 aliphatic rings. The van der Waals surface area contributed by atoms with Gasteiger partial charge in [-0.3, -0.25) is 9.48 Å². The molecule has 1 amide bonds. The number of hydrogen-bond acceptors (Lipinski definition) is 6. The van der Waals surface area contributed by atoms with E-state index in [4.69, 9.17) is 16.3 Å². The second-order valence-electron chi connectivity index (χ2n) is 7.20. The van der Waals surface area contributed by atoms with Crippen LogP contribution < -0.4 is 10.2 Å². The Kier molecular flexibility index (Phi) is 7.93. The van der Waals surface area contributed by atoms with Crippen molar-refractivity contribution in [3.05, 3.63) is 41.0 Å². The van der Waals surface area contributed by atoms with Gasteiger partial charge < -0.3 is 15.0 Å². The second-order valence-corrected chi connectivity index (χ2v) is 9.49. The average molecular weight is 470 g/mol. The van der Waals surface area contributed by atoms with Gasteiger partial charge in [-0.2, -0.15) is 9.40 Å². The minimum Gasteiger partial charge on any atom is -0.382 e. The maximum absolute atomic E-state index is 13.2. The number of nitrogens with zero attached hydrogens (tertiary/aromatic N) is 4. The number of ether oxygens (including phenoxy) is 1. The standard InChI is InChI=1S/C20H28ClN5O4S/c1-3-30-13-5-8-22-19(27)18-15-24(2)23-20(18)31(28,29)26-11-9-25(10-12-26)17-7-4-6-16(21)14-17/h4,6-7,14-15H,3,5,8-13H2,1-2H3,(H,22,27). The molecule has 0 bridgehead atoms. The molecule has 1 fully saturated rings. The van der Waals surface area contributed by atoms with E-state index in [1.54, 1.807) is 13.1 Å². The summed E-state index contributed by atoms with van der Waals surface area (Å²) < 4.78 is 34.5. The van der Waals surface area contributed by atoms with Crippen molar-refractivity contribution in [3.63, 3.8) is 0 Å². The third-order valence-corrected chi connectivity index (χ3v) is 7.06. The topological polar surface area (TPSA) is 96.8 Å². The van der Waals surface area contributed by atoms with Crippen LogP contribution in [0.3, 0.4) is 0 Å². The van der Waals surface area contributed by atoms with Gasteiger partial charge in [-0.25, -0.2) is 8.42 Å². The number of carbonyl (C=O) groups excluding carboxylic acids is 1.